The van der Waals surface area contributed by atoms with Crippen molar-refractivity contribution in [3.05, 3.63) is 34.3 Å². The van der Waals surface area contributed by atoms with Gasteiger partial charge in [0.15, 0.2) is 0 Å². The van der Waals surface area contributed by atoms with Crippen LogP contribution < -0.4 is 0 Å². The molecule has 0 aromatic heterocycles. The second-order valence-corrected chi connectivity index (χ2v) is 6.11. The van der Waals surface area contributed by atoms with E-state index in [-0.39, 0.29) is 0 Å². The van der Waals surface area contributed by atoms with Crippen LogP contribution in [-0.4, -0.2) is 18.0 Å². The Morgan fingerprint density at radius 2 is 1.94 bits per heavy atom. The topological polar surface area (TPSA) is 3.24 Å². The lowest BCUT2D eigenvalue weighted by atomic mass is 9.82. The molecule has 2 heteroatoms. The van der Waals surface area contributed by atoms with Gasteiger partial charge in [0.1, 0.15) is 0 Å². The molecule has 0 aliphatic carbocycles. The minimum Gasteiger partial charge on any atom is -0.298 e. The highest BCUT2D eigenvalue weighted by atomic mass is 79.9. The molecule has 2 rings (SSSR count). The van der Waals surface area contributed by atoms with E-state index < -0.39 is 0 Å². The maximum Gasteiger partial charge on any atom is 0.0245 e. The monoisotopic (exact) mass is 295 g/mol. The van der Waals surface area contributed by atoms with Crippen LogP contribution in [0, 0.1) is 5.41 Å². The molecular weight excluding hydrogens is 274 g/mol. The SMILES string of the molecule is CCC1(CC)CCN(Cc2ccccc2Br)C1. The van der Waals surface area contributed by atoms with E-state index in [1.807, 2.05) is 0 Å². The van der Waals surface area contributed by atoms with Gasteiger partial charge in [0.2, 0.25) is 0 Å². The molecule has 1 aliphatic rings. The zero-order valence-corrected chi connectivity index (χ0v) is 12.5. The number of benzene rings is 1. The third-order valence-corrected chi connectivity index (χ3v) is 5.14. The van der Waals surface area contributed by atoms with E-state index in [9.17, 15) is 0 Å². The number of hydrogen-bond acceptors (Lipinski definition) is 1. The Morgan fingerprint density at radius 3 is 2.53 bits per heavy atom. The summed E-state index contributed by atoms with van der Waals surface area (Å²) in [5, 5.41) is 0. The summed E-state index contributed by atoms with van der Waals surface area (Å²) in [5.41, 5.74) is 2.00. The summed E-state index contributed by atoms with van der Waals surface area (Å²) in [6.45, 7) is 8.28. The van der Waals surface area contributed by atoms with Gasteiger partial charge in [-0.1, -0.05) is 48.0 Å². The zero-order chi connectivity index (χ0) is 12.3. The van der Waals surface area contributed by atoms with Crippen LogP contribution in [-0.2, 0) is 6.54 Å². The van der Waals surface area contributed by atoms with E-state index in [2.05, 4.69) is 58.9 Å². The van der Waals surface area contributed by atoms with Crippen LogP contribution in [0.5, 0.6) is 0 Å². The molecule has 1 saturated heterocycles. The van der Waals surface area contributed by atoms with Gasteiger partial charge in [-0.05, 0) is 42.9 Å². The Bertz CT molecular complexity index is 371. The van der Waals surface area contributed by atoms with E-state index in [1.165, 1.54) is 42.4 Å². The number of nitrogens with zero attached hydrogens (tertiary/aromatic N) is 1. The normalized spacial score (nSPS) is 19.7. The number of rotatable bonds is 4. The van der Waals surface area contributed by atoms with Gasteiger partial charge in [0, 0.05) is 17.6 Å². The van der Waals surface area contributed by atoms with Crippen molar-refractivity contribution in [1.82, 2.24) is 4.90 Å². The Labute approximate surface area is 113 Å². The van der Waals surface area contributed by atoms with Crippen LogP contribution >= 0.6 is 15.9 Å². The van der Waals surface area contributed by atoms with Crippen molar-refractivity contribution >= 4 is 15.9 Å². The van der Waals surface area contributed by atoms with Crippen LogP contribution in [0.1, 0.15) is 38.7 Å². The molecule has 0 amide bonds. The molecule has 94 valence electrons. The summed E-state index contributed by atoms with van der Waals surface area (Å²) in [6.07, 6.45) is 4.00. The van der Waals surface area contributed by atoms with E-state index >= 15 is 0 Å². The van der Waals surface area contributed by atoms with Crippen molar-refractivity contribution in [3.8, 4) is 0 Å². The van der Waals surface area contributed by atoms with Crippen molar-refractivity contribution in [2.24, 2.45) is 5.41 Å². The molecule has 0 N–H and O–H groups in total. The first kappa shape index (κ1) is 13.1. The maximum atomic E-state index is 3.64. The molecule has 0 bridgehead atoms. The van der Waals surface area contributed by atoms with Gasteiger partial charge in [-0.3, -0.25) is 4.90 Å². The van der Waals surface area contributed by atoms with Gasteiger partial charge in [0.25, 0.3) is 0 Å². The molecule has 1 aliphatic heterocycles. The summed E-state index contributed by atoms with van der Waals surface area (Å²) in [5.74, 6) is 0. The number of hydrogen-bond donors (Lipinski definition) is 0. The molecular formula is C15H22BrN. The van der Waals surface area contributed by atoms with Crippen molar-refractivity contribution in [1.29, 1.82) is 0 Å². The van der Waals surface area contributed by atoms with Gasteiger partial charge >= 0.3 is 0 Å². The number of halogens is 1. The second kappa shape index (κ2) is 5.53. The molecule has 0 saturated carbocycles. The van der Waals surface area contributed by atoms with Crippen molar-refractivity contribution < 1.29 is 0 Å². The number of likely N-dealkylation sites (tertiary alicyclic amines) is 1. The van der Waals surface area contributed by atoms with Gasteiger partial charge in [-0.2, -0.15) is 0 Å². The van der Waals surface area contributed by atoms with Gasteiger partial charge < -0.3 is 0 Å². The Morgan fingerprint density at radius 1 is 1.24 bits per heavy atom. The fourth-order valence-corrected chi connectivity index (χ4v) is 3.27. The third kappa shape index (κ3) is 2.92. The minimum atomic E-state index is 0.585. The quantitative estimate of drug-likeness (QED) is 0.793. The van der Waals surface area contributed by atoms with Crippen LogP contribution in [0.2, 0.25) is 0 Å². The van der Waals surface area contributed by atoms with Crippen LogP contribution in [0.25, 0.3) is 0 Å². The fraction of sp³-hybridized carbons (Fsp3) is 0.600. The van der Waals surface area contributed by atoms with Crippen LogP contribution in [0.4, 0.5) is 0 Å². The lowest BCUT2D eigenvalue weighted by Gasteiger charge is -2.26. The summed E-state index contributed by atoms with van der Waals surface area (Å²) >= 11 is 3.64. The molecule has 0 radical (unpaired) electrons. The largest absolute Gasteiger partial charge is 0.298 e. The van der Waals surface area contributed by atoms with E-state index in [0.717, 1.165) is 6.54 Å². The molecule has 0 atom stereocenters. The first-order valence-electron chi connectivity index (χ1n) is 6.65. The van der Waals surface area contributed by atoms with Gasteiger partial charge in [-0.25, -0.2) is 0 Å². The average Bonchev–Trinajstić information content (AvgIpc) is 2.76. The average molecular weight is 296 g/mol. The van der Waals surface area contributed by atoms with Crippen molar-refractivity contribution in [2.75, 3.05) is 13.1 Å². The maximum absolute atomic E-state index is 3.64. The highest BCUT2D eigenvalue weighted by Gasteiger charge is 2.34. The van der Waals surface area contributed by atoms with Crippen molar-refractivity contribution in [3.63, 3.8) is 0 Å². The molecule has 17 heavy (non-hydrogen) atoms. The first-order chi connectivity index (χ1) is 8.19. The summed E-state index contributed by atoms with van der Waals surface area (Å²) < 4.78 is 1.24. The predicted molar refractivity (Wildman–Crippen MR) is 77.1 cm³/mol. The van der Waals surface area contributed by atoms with Gasteiger partial charge in [0.05, 0.1) is 0 Å². The van der Waals surface area contributed by atoms with Crippen molar-refractivity contribution in [2.45, 2.75) is 39.7 Å². The highest BCUT2D eigenvalue weighted by molar-refractivity contribution is 9.10. The molecule has 0 unspecified atom stereocenters. The van der Waals surface area contributed by atoms with Crippen LogP contribution in [0.15, 0.2) is 28.7 Å². The van der Waals surface area contributed by atoms with E-state index in [4.69, 9.17) is 0 Å². The first-order valence-corrected chi connectivity index (χ1v) is 7.44. The highest BCUT2D eigenvalue weighted by Crippen LogP contribution is 2.37. The molecule has 1 heterocycles. The Hall–Kier alpha value is -0.340. The zero-order valence-electron chi connectivity index (χ0n) is 10.9. The van der Waals surface area contributed by atoms with E-state index in [1.54, 1.807) is 0 Å². The fourth-order valence-electron chi connectivity index (χ4n) is 2.86. The molecule has 0 spiro atoms. The van der Waals surface area contributed by atoms with E-state index in [0.29, 0.717) is 5.41 Å². The lowest BCUT2D eigenvalue weighted by Crippen LogP contribution is -2.26. The summed E-state index contributed by atoms with van der Waals surface area (Å²) in [7, 11) is 0. The standard InChI is InChI=1S/C15H22BrN/c1-3-15(4-2)9-10-17(12-15)11-13-7-5-6-8-14(13)16/h5-8H,3-4,9-12H2,1-2H3. The minimum absolute atomic E-state index is 0.585. The molecule has 1 aromatic rings. The summed E-state index contributed by atoms with van der Waals surface area (Å²) in [6, 6.07) is 8.57. The van der Waals surface area contributed by atoms with Gasteiger partial charge in [-0.15, -0.1) is 0 Å². The molecule has 1 aromatic carbocycles. The van der Waals surface area contributed by atoms with Crippen LogP contribution in [0.3, 0.4) is 0 Å². The lowest BCUT2D eigenvalue weighted by molar-refractivity contribution is 0.236. The molecule has 1 fully saturated rings. The molecule has 1 nitrogen and oxygen atoms in total. The third-order valence-electron chi connectivity index (χ3n) is 4.37. The summed E-state index contributed by atoms with van der Waals surface area (Å²) in [4.78, 5) is 2.60. The second-order valence-electron chi connectivity index (χ2n) is 5.26. The predicted octanol–water partition coefficient (Wildman–Crippen LogP) is 4.46. The Balaban J connectivity index is 2.01. The smallest absolute Gasteiger partial charge is 0.0245 e. The Kier molecular flexibility index (Phi) is 4.26.